The Bertz CT molecular complexity index is 292. The maximum atomic E-state index is 12.8. The standard InChI is InChI=1S/C9H10FN/c1-3-7-5-8(10)9(11)4-6(7)2/h3-5H,1,11H2,2H3. The van der Waals surface area contributed by atoms with Gasteiger partial charge in [0.15, 0.2) is 0 Å². The molecular weight excluding hydrogens is 141 g/mol. The highest BCUT2D eigenvalue weighted by molar-refractivity contribution is 5.57. The molecule has 1 aromatic carbocycles. The molecule has 0 radical (unpaired) electrons. The van der Waals surface area contributed by atoms with Crippen molar-refractivity contribution < 1.29 is 4.39 Å². The van der Waals surface area contributed by atoms with Gasteiger partial charge in [-0.15, -0.1) is 0 Å². The van der Waals surface area contributed by atoms with Crippen molar-refractivity contribution in [2.24, 2.45) is 0 Å². The molecule has 1 rings (SSSR count). The van der Waals surface area contributed by atoms with Gasteiger partial charge in [-0.2, -0.15) is 0 Å². The largest absolute Gasteiger partial charge is 0.396 e. The van der Waals surface area contributed by atoms with Gasteiger partial charge < -0.3 is 5.73 Å². The minimum absolute atomic E-state index is 0.188. The van der Waals surface area contributed by atoms with Crippen molar-refractivity contribution in [1.29, 1.82) is 0 Å². The van der Waals surface area contributed by atoms with Crippen molar-refractivity contribution in [2.45, 2.75) is 6.92 Å². The number of anilines is 1. The molecule has 0 unspecified atom stereocenters. The molecule has 0 saturated heterocycles. The molecule has 1 nitrogen and oxygen atoms in total. The summed E-state index contributed by atoms with van der Waals surface area (Å²) in [6, 6.07) is 2.99. The molecule has 2 N–H and O–H groups in total. The van der Waals surface area contributed by atoms with Gasteiger partial charge in [0.25, 0.3) is 0 Å². The summed E-state index contributed by atoms with van der Waals surface area (Å²) in [4.78, 5) is 0. The fraction of sp³-hybridized carbons (Fsp3) is 0.111. The smallest absolute Gasteiger partial charge is 0.146 e. The van der Waals surface area contributed by atoms with Gasteiger partial charge in [-0.1, -0.05) is 12.7 Å². The van der Waals surface area contributed by atoms with E-state index < -0.39 is 0 Å². The van der Waals surface area contributed by atoms with Crippen LogP contribution >= 0.6 is 0 Å². The lowest BCUT2D eigenvalue weighted by Crippen LogP contribution is -1.92. The van der Waals surface area contributed by atoms with Gasteiger partial charge in [-0.25, -0.2) is 4.39 Å². The van der Waals surface area contributed by atoms with E-state index in [1.807, 2.05) is 6.92 Å². The highest BCUT2D eigenvalue weighted by Crippen LogP contribution is 2.17. The number of rotatable bonds is 1. The molecule has 11 heavy (non-hydrogen) atoms. The minimum atomic E-state index is -0.384. The first-order valence-corrected chi connectivity index (χ1v) is 3.33. The summed E-state index contributed by atoms with van der Waals surface area (Å²) >= 11 is 0. The summed E-state index contributed by atoms with van der Waals surface area (Å²) in [7, 11) is 0. The summed E-state index contributed by atoms with van der Waals surface area (Å²) in [6.45, 7) is 5.42. The Morgan fingerprint density at radius 2 is 2.18 bits per heavy atom. The lowest BCUT2D eigenvalue weighted by molar-refractivity contribution is 0.632. The molecule has 0 aromatic heterocycles. The number of halogens is 1. The van der Waals surface area contributed by atoms with Crippen LogP contribution in [0.1, 0.15) is 11.1 Å². The van der Waals surface area contributed by atoms with Gasteiger partial charge in [0, 0.05) is 0 Å². The van der Waals surface area contributed by atoms with E-state index in [0.717, 1.165) is 11.1 Å². The Kier molecular flexibility index (Phi) is 1.94. The van der Waals surface area contributed by atoms with Crippen LogP contribution in [0.4, 0.5) is 10.1 Å². The van der Waals surface area contributed by atoms with Crippen molar-refractivity contribution in [3.8, 4) is 0 Å². The second-order valence-electron chi connectivity index (χ2n) is 2.43. The summed E-state index contributed by atoms with van der Waals surface area (Å²) in [5, 5.41) is 0. The van der Waals surface area contributed by atoms with Gasteiger partial charge in [0.05, 0.1) is 5.69 Å². The van der Waals surface area contributed by atoms with Crippen molar-refractivity contribution in [3.05, 3.63) is 35.7 Å². The number of aryl methyl sites for hydroxylation is 1. The third-order valence-electron chi connectivity index (χ3n) is 1.61. The molecular formula is C9H10FN. The normalized spacial score (nSPS) is 9.64. The predicted molar refractivity (Wildman–Crippen MR) is 45.6 cm³/mol. The fourth-order valence-electron chi connectivity index (χ4n) is 0.939. The van der Waals surface area contributed by atoms with Crippen LogP contribution < -0.4 is 5.73 Å². The predicted octanol–water partition coefficient (Wildman–Crippen LogP) is 2.36. The van der Waals surface area contributed by atoms with Crippen LogP contribution in [-0.2, 0) is 0 Å². The van der Waals surface area contributed by atoms with E-state index >= 15 is 0 Å². The number of benzene rings is 1. The maximum Gasteiger partial charge on any atom is 0.146 e. The first-order chi connectivity index (χ1) is 5.15. The molecule has 0 aliphatic carbocycles. The summed E-state index contributed by atoms with van der Waals surface area (Å²) in [5.74, 6) is -0.384. The molecule has 58 valence electrons. The van der Waals surface area contributed by atoms with E-state index in [-0.39, 0.29) is 11.5 Å². The highest BCUT2D eigenvalue weighted by atomic mass is 19.1. The SMILES string of the molecule is C=Cc1cc(F)c(N)cc1C. The Morgan fingerprint density at radius 1 is 1.55 bits per heavy atom. The molecule has 0 amide bonds. The van der Waals surface area contributed by atoms with Crippen molar-refractivity contribution in [2.75, 3.05) is 5.73 Å². The van der Waals surface area contributed by atoms with Crippen LogP contribution in [-0.4, -0.2) is 0 Å². The zero-order chi connectivity index (χ0) is 8.43. The van der Waals surface area contributed by atoms with Gasteiger partial charge in [-0.3, -0.25) is 0 Å². The molecule has 1 aromatic rings. The van der Waals surface area contributed by atoms with E-state index in [2.05, 4.69) is 6.58 Å². The third kappa shape index (κ3) is 1.40. The van der Waals surface area contributed by atoms with Gasteiger partial charge in [-0.05, 0) is 30.2 Å². The van der Waals surface area contributed by atoms with E-state index in [4.69, 9.17) is 5.73 Å². The molecule has 0 aliphatic heterocycles. The third-order valence-corrected chi connectivity index (χ3v) is 1.61. The average molecular weight is 151 g/mol. The van der Waals surface area contributed by atoms with Crippen LogP contribution in [0.5, 0.6) is 0 Å². The van der Waals surface area contributed by atoms with Gasteiger partial charge in [0.1, 0.15) is 5.82 Å². The van der Waals surface area contributed by atoms with Crippen LogP contribution in [0.2, 0.25) is 0 Å². The van der Waals surface area contributed by atoms with Crippen molar-refractivity contribution >= 4 is 11.8 Å². The average Bonchev–Trinajstić information content (AvgIpc) is 1.97. The molecule has 0 saturated carbocycles. The fourth-order valence-corrected chi connectivity index (χ4v) is 0.939. The molecule has 0 spiro atoms. The molecule has 0 atom stereocenters. The molecule has 0 heterocycles. The highest BCUT2D eigenvalue weighted by Gasteiger charge is 2.00. The maximum absolute atomic E-state index is 12.8. The summed E-state index contributed by atoms with van der Waals surface area (Å²) in [5.41, 5.74) is 7.26. The molecule has 2 heteroatoms. The Labute approximate surface area is 65.3 Å². The van der Waals surface area contributed by atoms with E-state index in [0.29, 0.717) is 0 Å². The Balaban J connectivity index is 3.31. The zero-order valence-corrected chi connectivity index (χ0v) is 6.39. The van der Waals surface area contributed by atoms with E-state index in [1.165, 1.54) is 6.07 Å². The molecule has 0 fully saturated rings. The second kappa shape index (κ2) is 2.74. The van der Waals surface area contributed by atoms with Crippen LogP contribution in [0, 0.1) is 12.7 Å². The molecule has 0 aliphatic rings. The quantitative estimate of drug-likeness (QED) is 0.612. The first-order valence-electron chi connectivity index (χ1n) is 3.33. The van der Waals surface area contributed by atoms with Crippen LogP contribution in [0.3, 0.4) is 0 Å². The van der Waals surface area contributed by atoms with Gasteiger partial charge >= 0.3 is 0 Å². The monoisotopic (exact) mass is 151 g/mol. The summed E-state index contributed by atoms with van der Waals surface area (Å²) < 4.78 is 12.8. The van der Waals surface area contributed by atoms with Crippen LogP contribution in [0.25, 0.3) is 6.08 Å². The Morgan fingerprint density at radius 3 is 2.73 bits per heavy atom. The lowest BCUT2D eigenvalue weighted by Gasteiger charge is -2.02. The number of hydrogen-bond acceptors (Lipinski definition) is 1. The summed E-state index contributed by atoms with van der Waals surface area (Å²) in [6.07, 6.45) is 1.61. The number of nitrogens with two attached hydrogens (primary N) is 1. The Hall–Kier alpha value is -1.31. The van der Waals surface area contributed by atoms with E-state index in [1.54, 1.807) is 12.1 Å². The molecule has 0 bridgehead atoms. The van der Waals surface area contributed by atoms with Gasteiger partial charge in [0.2, 0.25) is 0 Å². The first kappa shape index (κ1) is 7.79. The second-order valence-corrected chi connectivity index (χ2v) is 2.43. The van der Waals surface area contributed by atoms with Crippen molar-refractivity contribution in [3.63, 3.8) is 0 Å². The van der Waals surface area contributed by atoms with Crippen molar-refractivity contribution in [1.82, 2.24) is 0 Å². The number of hydrogen-bond donors (Lipinski definition) is 1. The minimum Gasteiger partial charge on any atom is -0.396 e. The zero-order valence-electron chi connectivity index (χ0n) is 6.39. The lowest BCUT2D eigenvalue weighted by atomic mass is 10.1. The topological polar surface area (TPSA) is 26.0 Å². The van der Waals surface area contributed by atoms with E-state index in [9.17, 15) is 4.39 Å². The number of nitrogen functional groups attached to an aromatic ring is 1. The van der Waals surface area contributed by atoms with Crippen LogP contribution in [0.15, 0.2) is 18.7 Å².